The Morgan fingerprint density at radius 3 is 2.62 bits per heavy atom. The average Bonchev–Trinajstić information content (AvgIpc) is 2.83. The summed E-state index contributed by atoms with van der Waals surface area (Å²) in [5.74, 6) is 0.455. The Bertz CT molecular complexity index is 634. The highest BCUT2D eigenvalue weighted by atomic mass is 32.1. The Morgan fingerprint density at radius 2 is 1.88 bits per heavy atom. The van der Waals surface area contributed by atoms with Crippen molar-refractivity contribution in [3.8, 4) is 10.7 Å². The van der Waals surface area contributed by atoms with Crippen LogP contribution in [0.25, 0.3) is 21.5 Å². The van der Waals surface area contributed by atoms with Gasteiger partial charge in [0.2, 0.25) is 0 Å². The zero-order chi connectivity index (χ0) is 11.0. The normalized spacial score (nSPS) is 10.8. The van der Waals surface area contributed by atoms with Crippen LogP contribution in [0.3, 0.4) is 0 Å². The first kappa shape index (κ1) is 9.23. The van der Waals surface area contributed by atoms with E-state index >= 15 is 0 Å². The number of benzene rings is 1. The molecule has 0 unspecified atom stereocenters. The fraction of sp³-hybridized carbons (Fsp3) is 0. The first-order valence-electron chi connectivity index (χ1n) is 4.77. The molecule has 16 heavy (non-hydrogen) atoms. The summed E-state index contributed by atoms with van der Waals surface area (Å²) in [7, 11) is 0. The lowest BCUT2D eigenvalue weighted by molar-refractivity contribution is 1.06. The fourth-order valence-electron chi connectivity index (χ4n) is 1.62. The number of hydrogen-bond acceptors (Lipinski definition) is 5. The number of anilines is 1. The summed E-state index contributed by atoms with van der Waals surface area (Å²) in [6.45, 7) is 0. The van der Waals surface area contributed by atoms with Crippen molar-refractivity contribution < 1.29 is 0 Å². The van der Waals surface area contributed by atoms with E-state index < -0.39 is 0 Å². The van der Waals surface area contributed by atoms with Gasteiger partial charge in [-0.25, -0.2) is 4.98 Å². The third kappa shape index (κ3) is 1.33. The van der Waals surface area contributed by atoms with Gasteiger partial charge >= 0.3 is 0 Å². The molecule has 2 heterocycles. The number of rotatable bonds is 1. The summed E-state index contributed by atoms with van der Waals surface area (Å²) in [4.78, 5) is 4.24. The van der Waals surface area contributed by atoms with E-state index in [1.165, 1.54) is 0 Å². The Balaban J connectivity index is 2.39. The highest BCUT2D eigenvalue weighted by Gasteiger charge is 2.10. The molecule has 0 aliphatic carbocycles. The molecule has 2 N–H and O–H groups in total. The molecule has 1 aromatic carbocycles. The van der Waals surface area contributed by atoms with Crippen molar-refractivity contribution in [2.24, 2.45) is 0 Å². The van der Waals surface area contributed by atoms with Gasteiger partial charge in [0.15, 0.2) is 5.82 Å². The van der Waals surface area contributed by atoms with E-state index in [2.05, 4.69) is 15.2 Å². The van der Waals surface area contributed by atoms with Gasteiger partial charge in [0.1, 0.15) is 10.7 Å². The van der Waals surface area contributed by atoms with E-state index in [4.69, 9.17) is 5.73 Å². The molecule has 3 aromatic rings. The molecule has 5 heteroatoms. The van der Waals surface area contributed by atoms with Crippen LogP contribution >= 0.6 is 11.3 Å². The van der Waals surface area contributed by atoms with E-state index in [9.17, 15) is 0 Å². The van der Waals surface area contributed by atoms with Gasteiger partial charge < -0.3 is 5.73 Å². The fourth-order valence-corrected chi connectivity index (χ4v) is 2.26. The Kier molecular flexibility index (Phi) is 2.04. The standard InChI is InChI=1S/C11H8N4S/c12-10-8-4-2-1-3-7(8)9(14-15-10)11-13-5-6-16-11/h1-6H,(H2,12,15). The second-order valence-electron chi connectivity index (χ2n) is 3.32. The van der Waals surface area contributed by atoms with Crippen LogP contribution in [-0.4, -0.2) is 15.2 Å². The van der Waals surface area contributed by atoms with Crippen LogP contribution in [-0.2, 0) is 0 Å². The minimum atomic E-state index is 0.455. The Labute approximate surface area is 95.8 Å². The third-order valence-electron chi connectivity index (χ3n) is 2.35. The van der Waals surface area contributed by atoms with Crippen LogP contribution in [0.2, 0.25) is 0 Å². The van der Waals surface area contributed by atoms with Crippen molar-refractivity contribution in [1.82, 2.24) is 15.2 Å². The summed E-state index contributed by atoms with van der Waals surface area (Å²) >= 11 is 1.54. The number of nitrogen functional groups attached to an aromatic ring is 1. The van der Waals surface area contributed by atoms with Crippen molar-refractivity contribution in [3.05, 3.63) is 35.8 Å². The predicted molar refractivity (Wildman–Crippen MR) is 65.1 cm³/mol. The number of nitrogens with two attached hydrogens (primary N) is 1. The first-order chi connectivity index (χ1) is 7.86. The van der Waals surface area contributed by atoms with Crippen molar-refractivity contribution in [3.63, 3.8) is 0 Å². The largest absolute Gasteiger partial charge is 0.382 e. The molecule has 0 fully saturated rings. The van der Waals surface area contributed by atoms with Crippen molar-refractivity contribution in [2.45, 2.75) is 0 Å². The maximum absolute atomic E-state index is 5.79. The first-order valence-corrected chi connectivity index (χ1v) is 5.65. The summed E-state index contributed by atoms with van der Waals surface area (Å²) in [6, 6.07) is 7.82. The monoisotopic (exact) mass is 228 g/mol. The number of aromatic nitrogens is 3. The zero-order valence-corrected chi connectivity index (χ0v) is 9.11. The SMILES string of the molecule is Nc1nnc(-c2nccs2)c2ccccc12. The smallest absolute Gasteiger partial charge is 0.154 e. The van der Waals surface area contributed by atoms with Crippen LogP contribution in [0.15, 0.2) is 35.8 Å². The summed E-state index contributed by atoms with van der Waals surface area (Å²) in [6.07, 6.45) is 1.76. The van der Waals surface area contributed by atoms with Crippen LogP contribution in [0, 0.1) is 0 Å². The molecule has 0 aliphatic rings. The molecular weight excluding hydrogens is 220 g/mol. The lowest BCUT2D eigenvalue weighted by atomic mass is 10.1. The number of nitrogens with zero attached hydrogens (tertiary/aromatic N) is 3. The molecule has 3 rings (SSSR count). The molecule has 0 saturated heterocycles. The molecule has 0 spiro atoms. The molecule has 0 aliphatic heterocycles. The second-order valence-corrected chi connectivity index (χ2v) is 4.21. The minimum Gasteiger partial charge on any atom is -0.382 e. The van der Waals surface area contributed by atoms with Gasteiger partial charge in [0, 0.05) is 22.3 Å². The highest BCUT2D eigenvalue weighted by molar-refractivity contribution is 7.13. The Hall–Kier alpha value is -2.01. The predicted octanol–water partition coefficient (Wildman–Crippen LogP) is 2.34. The molecular formula is C11H8N4S. The lowest BCUT2D eigenvalue weighted by Crippen LogP contribution is -1.97. The molecule has 78 valence electrons. The number of hydrogen-bond donors (Lipinski definition) is 1. The van der Waals surface area contributed by atoms with E-state index in [1.807, 2.05) is 29.6 Å². The van der Waals surface area contributed by atoms with Gasteiger partial charge in [0.05, 0.1) is 0 Å². The van der Waals surface area contributed by atoms with Gasteiger partial charge in [-0.2, -0.15) is 0 Å². The molecule has 0 saturated carbocycles. The molecule has 0 atom stereocenters. The van der Waals surface area contributed by atoms with Crippen LogP contribution in [0.5, 0.6) is 0 Å². The lowest BCUT2D eigenvalue weighted by Gasteiger charge is -2.03. The molecule has 0 amide bonds. The minimum absolute atomic E-state index is 0.455. The van der Waals surface area contributed by atoms with Gasteiger partial charge in [-0.15, -0.1) is 21.5 Å². The van der Waals surface area contributed by atoms with Crippen LogP contribution in [0.4, 0.5) is 5.82 Å². The van der Waals surface area contributed by atoms with Gasteiger partial charge in [-0.05, 0) is 0 Å². The van der Waals surface area contributed by atoms with Crippen LogP contribution < -0.4 is 5.73 Å². The van der Waals surface area contributed by atoms with E-state index in [0.717, 1.165) is 21.5 Å². The zero-order valence-electron chi connectivity index (χ0n) is 8.29. The molecule has 0 bridgehead atoms. The van der Waals surface area contributed by atoms with Gasteiger partial charge in [-0.1, -0.05) is 24.3 Å². The van der Waals surface area contributed by atoms with E-state index in [1.54, 1.807) is 17.5 Å². The van der Waals surface area contributed by atoms with Crippen LogP contribution in [0.1, 0.15) is 0 Å². The maximum atomic E-state index is 5.79. The second kappa shape index (κ2) is 3.53. The van der Waals surface area contributed by atoms with Crippen molar-refractivity contribution in [2.75, 3.05) is 5.73 Å². The van der Waals surface area contributed by atoms with Gasteiger partial charge in [-0.3, -0.25) is 0 Å². The van der Waals surface area contributed by atoms with E-state index in [-0.39, 0.29) is 0 Å². The third-order valence-corrected chi connectivity index (χ3v) is 3.13. The molecule has 2 aromatic heterocycles. The maximum Gasteiger partial charge on any atom is 0.154 e. The van der Waals surface area contributed by atoms with E-state index in [0.29, 0.717) is 5.82 Å². The molecule has 0 radical (unpaired) electrons. The van der Waals surface area contributed by atoms with Crippen molar-refractivity contribution in [1.29, 1.82) is 0 Å². The summed E-state index contributed by atoms with van der Waals surface area (Å²) < 4.78 is 0. The number of fused-ring (bicyclic) bond motifs is 1. The van der Waals surface area contributed by atoms with Crippen molar-refractivity contribution >= 4 is 27.9 Å². The van der Waals surface area contributed by atoms with Gasteiger partial charge in [0.25, 0.3) is 0 Å². The Morgan fingerprint density at radius 1 is 1.06 bits per heavy atom. The molecule has 4 nitrogen and oxygen atoms in total. The summed E-state index contributed by atoms with van der Waals surface area (Å²) in [5.41, 5.74) is 6.58. The number of thiazole rings is 1. The topological polar surface area (TPSA) is 64.7 Å². The highest BCUT2D eigenvalue weighted by Crippen LogP contribution is 2.29. The quantitative estimate of drug-likeness (QED) is 0.694. The summed E-state index contributed by atoms with van der Waals surface area (Å²) in [5, 5.41) is 12.8. The average molecular weight is 228 g/mol.